The van der Waals surface area contributed by atoms with E-state index in [2.05, 4.69) is 10.4 Å². The summed E-state index contributed by atoms with van der Waals surface area (Å²) in [4.78, 5) is 12.1. The van der Waals surface area contributed by atoms with Crippen molar-refractivity contribution in [2.24, 2.45) is 7.05 Å². The van der Waals surface area contributed by atoms with Gasteiger partial charge in [-0.1, -0.05) is 23.7 Å². The molecule has 1 aromatic heterocycles. The highest BCUT2D eigenvalue weighted by Gasteiger charge is 2.40. The van der Waals surface area contributed by atoms with Gasteiger partial charge in [-0.25, -0.2) is 0 Å². The zero-order chi connectivity index (χ0) is 16.5. The number of halogens is 4. The van der Waals surface area contributed by atoms with Crippen LogP contribution in [-0.4, -0.2) is 22.8 Å². The monoisotopic (exact) mass is 333 g/mol. The molecule has 1 N–H and O–H groups in total. The van der Waals surface area contributed by atoms with E-state index in [4.69, 9.17) is 16.3 Å². The Hall–Kier alpha value is -2.22. The molecule has 2 aromatic rings. The van der Waals surface area contributed by atoms with Gasteiger partial charge < -0.3 is 10.1 Å². The van der Waals surface area contributed by atoms with Crippen molar-refractivity contribution < 1.29 is 22.7 Å². The van der Waals surface area contributed by atoms with Gasteiger partial charge in [-0.3, -0.25) is 9.48 Å². The number of para-hydroxylation sites is 2. The molecule has 0 unspecified atom stereocenters. The van der Waals surface area contributed by atoms with Crippen LogP contribution in [0.1, 0.15) is 16.2 Å². The molecule has 22 heavy (non-hydrogen) atoms. The maximum atomic E-state index is 12.8. The fraction of sp³-hybridized carbons (Fsp3) is 0.231. The van der Waals surface area contributed by atoms with Crippen molar-refractivity contribution in [1.29, 1.82) is 0 Å². The predicted molar refractivity (Wildman–Crippen MR) is 74.2 cm³/mol. The van der Waals surface area contributed by atoms with Crippen LogP contribution in [0.4, 0.5) is 18.9 Å². The summed E-state index contributed by atoms with van der Waals surface area (Å²) in [7, 11) is 2.47. The van der Waals surface area contributed by atoms with Gasteiger partial charge in [0.2, 0.25) is 0 Å². The molecule has 2 rings (SSSR count). The minimum absolute atomic E-state index is 0.297. The number of hydrogen-bond acceptors (Lipinski definition) is 3. The first-order valence-corrected chi connectivity index (χ1v) is 6.37. The van der Waals surface area contributed by atoms with E-state index in [-0.39, 0.29) is 0 Å². The lowest BCUT2D eigenvalue weighted by atomic mass is 10.2. The molecule has 5 nitrogen and oxygen atoms in total. The summed E-state index contributed by atoms with van der Waals surface area (Å²) in [5.74, 6) is -0.500. The highest BCUT2D eigenvalue weighted by atomic mass is 35.5. The van der Waals surface area contributed by atoms with Crippen molar-refractivity contribution in [3.8, 4) is 5.75 Å². The van der Waals surface area contributed by atoms with Crippen LogP contribution in [0.3, 0.4) is 0 Å². The Morgan fingerprint density at radius 3 is 2.55 bits per heavy atom. The van der Waals surface area contributed by atoms with E-state index in [0.29, 0.717) is 16.1 Å². The summed E-state index contributed by atoms with van der Waals surface area (Å²) in [5.41, 5.74) is -1.40. The molecule has 1 heterocycles. The first-order valence-electron chi connectivity index (χ1n) is 5.99. The minimum atomic E-state index is -4.71. The molecule has 0 saturated carbocycles. The average molecular weight is 334 g/mol. The molecule has 0 radical (unpaired) electrons. The number of benzene rings is 1. The quantitative estimate of drug-likeness (QED) is 0.937. The SMILES string of the molecule is COc1ccccc1NC(=O)c1nn(C)c(C(F)(F)F)c1Cl. The van der Waals surface area contributed by atoms with Gasteiger partial charge in [0.05, 0.1) is 12.8 Å². The van der Waals surface area contributed by atoms with Crippen LogP contribution in [-0.2, 0) is 13.2 Å². The molecule has 0 bridgehead atoms. The summed E-state index contributed by atoms with van der Waals surface area (Å²) >= 11 is 5.65. The second-order valence-corrected chi connectivity index (χ2v) is 4.66. The number of aryl methyl sites for hydroxylation is 1. The van der Waals surface area contributed by atoms with Crippen LogP contribution >= 0.6 is 11.6 Å². The van der Waals surface area contributed by atoms with Crippen LogP contribution in [0.25, 0.3) is 0 Å². The first-order chi connectivity index (χ1) is 10.3. The number of hydrogen-bond donors (Lipinski definition) is 1. The number of nitrogens with one attached hydrogen (secondary N) is 1. The second kappa shape index (κ2) is 5.88. The molecular weight excluding hydrogens is 323 g/mol. The molecular formula is C13H11ClF3N3O2. The van der Waals surface area contributed by atoms with Gasteiger partial charge in [0.1, 0.15) is 10.8 Å². The van der Waals surface area contributed by atoms with Crippen molar-refractivity contribution in [2.45, 2.75) is 6.18 Å². The Kier molecular flexibility index (Phi) is 4.32. The van der Waals surface area contributed by atoms with E-state index in [1.54, 1.807) is 18.2 Å². The number of carbonyl (C=O) groups is 1. The molecule has 0 fully saturated rings. The Bertz CT molecular complexity index is 713. The van der Waals surface area contributed by atoms with Gasteiger partial charge in [-0.15, -0.1) is 0 Å². The Morgan fingerprint density at radius 1 is 1.36 bits per heavy atom. The van der Waals surface area contributed by atoms with E-state index >= 15 is 0 Å². The number of alkyl halides is 3. The molecule has 0 aliphatic carbocycles. The number of carbonyl (C=O) groups excluding carboxylic acids is 1. The lowest BCUT2D eigenvalue weighted by Gasteiger charge is -2.08. The number of anilines is 1. The van der Waals surface area contributed by atoms with Crippen LogP contribution in [0.5, 0.6) is 5.75 Å². The maximum Gasteiger partial charge on any atom is 0.434 e. The Morgan fingerprint density at radius 2 is 2.00 bits per heavy atom. The van der Waals surface area contributed by atoms with Gasteiger partial charge in [-0.2, -0.15) is 18.3 Å². The van der Waals surface area contributed by atoms with Gasteiger partial charge in [-0.05, 0) is 12.1 Å². The molecule has 0 aliphatic rings. The van der Waals surface area contributed by atoms with Gasteiger partial charge in [0.15, 0.2) is 11.4 Å². The van der Waals surface area contributed by atoms with E-state index in [0.717, 1.165) is 7.05 Å². The molecule has 118 valence electrons. The molecule has 0 atom stereocenters. The average Bonchev–Trinajstić information content (AvgIpc) is 2.74. The maximum absolute atomic E-state index is 12.8. The number of ether oxygens (including phenoxy) is 1. The summed E-state index contributed by atoms with van der Waals surface area (Å²) in [6.45, 7) is 0. The standard InChI is InChI=1S/C13H11ClF3N3O2/c1-20-11(13(15,16)17)9(14)10(19-20)12(21)18-7-5-3-4-6-8(7)22-2/h3-6H,1-2H3,(H,18,21). The topological polar surface area (TPSA) is 56.1 Å². The van der Waals surface area contributed by atoms with Crippen molar-refractivity contribution in [3.63, 3.8) is 0 Å². The second-order valence-electron chi connectivity index (χ2n) is 4.29. The smallest absolute Gasteiger partial charge is 0.434 e. The van der Waals surface area contributed by atoms with E-state index in [1.807, 2.05) is 0 Å². The van der Waals surface area contributed by atoms with Gasteiger partial charge >= 0.3 is 6.18 Å². The number of nitrogens with zero attached hydrogens (tertiary/aromatic N) is 2. The van der Waals surface area contributed by atoms with Gasteiger partial charge in [0, 0.05) is 7.05 Å². The molecule has 0 saturated heterocycles. The highest BCUT2D eigenvalue weighted by molar-refractivity contribution is 6.34. The zero-order valence-electron chi connectivity index (χ0n) is 11.5. The summed E-state index contributed by atoms with van der Waals surface area (Å²) in [6.07, 6.45) is -4.71. The van der Waals surface area contributed by atoms with Crippen LogP contribution in [0.2, 0.25) is 5.02 Å². The Labute approximate surface area is 128 Å². The highest BCUT2D eigenvalue weighted by Crippen LogP contribution is 2.36. The predicted octanol–water partition coefficient (Wildman–Crippen LogP) is 3.35. The third-order valence-corrected chi connectivity index (χ3v) is 3.19. The molecule has 9 heteroatoms. The fourth-order valence-corrected chi connectivity index (χ4v) is 2.23. The number of methoxy groups -OCH3 is 1. The number of aromatic nitrogens is 2. The van der Waals surface area contributed by atoms with Crippen molar-refractivity contribution in [1.82, 2.24) is 9.78 Å². The normalized spacial score (nSPS) is 11.4. The third kappa shape index (κ3) is 3.01. The lowest BCUT2D eigenvalue weighted by molar-refractivity contribution is -0.143. The Balaban J connectivity index is 2.35. The van der Waals surface area contributed by atoms with Crippen LogP contribution in [0, 0.1) is 0 Å². The van der Waals surface area contributed by atoms with Crippen molar-refractivity contribution in [2.75, 3.05) is 12.4 Å². The van der Waals surface area contributed by atoms with Gasteiger partial charge in [0.25, 0.3) is 5.91 Å². The lowest BCUT2D eigenvalue weighted by Crippen LogP contribution is -2.14. The van der Waals surface area contributed by atoms with E-state index in [1.165, 1.54) is 13.2 Å². The summed E-state index contributed by atoms with van der Waals surface area (Å²) in [6, 6.07) is 6.46. The zero-order valence-corrected chi connectivity index (χ0v) is 12.3. The molecule has 0 spiro atoms. The first kappa shape index (κ1) is 16.2. The molecule has 1 amide bonds. The van der Waals surface area contributed by atoms with E-state index < -0.39 is 28.5 Å². The molecule has 0 aliphatic heterocycles. The van der Waals surface area contributed by atoms with Crippen molar-refractivity contribution in [3.05, 3.63) is 40.7 Å². The number of amides is 1. The minimum Gasteiger partial charge on any atom is -0.495 e. The molecule has 1 aromatic carbocycles. The summed E-state index contributed by atoms with van der Waals surface area (Å²) in [5, 5.41) is 5.21. The summed E-state index contributed by atoms with van der Waals surface area (Å²) < 4.78 is 44.1. The van der Waals surface area contributed by atoms with Crippen molar-refractivity contribution >= 4 is 23.2 Å². The number of rotatable bonds is 3. The van der Waals surface area contributed by atoms with E-state index in [9.17, 15) is 18.0 Å². The van der Waals surface area contributed by atoms with Crippen LogP contribution in [0.15, 0.2) is 24.3 Å². The largest absolute Gasteiger partial charge is 0.495 e. The van der Waals surface area contributed by atoms with Crippen LogP contribution < -0.4 is 10.1 Å². The third-order valence-electron chi connectivity index (χ3n) is 2.83. The fourth-order valence-electron chi connectivity index (χ4n) is 1.88.